The third-order valence-electron chi connectivity index (χ3n) is 4.18. The molecule has 1 heterocycles. The molecule has 0 radical (unpaired) electrons. The van der Waals surface area contributed by atoms with Gasteiger partial charge in [0.25, 0.3) is 5.91 Å². The average Bonchev–Trinajstić information content (AvgIpc) is 2.70. The van der Waals surface area contributed by atoms with Gasteiger partial charge >= 0.3 is 0 Å². The van der Waals surface area contributed by atoms with Crippen molar-refractivity contribution in [2.45, 2.75) is 13.8 Å². The Morgan fingerprint density at radius 3 is 2.46 bits per heavy atom. The average molecular weight is 371 g/mol. The lowest BCUT2D eigenvalue weighted by Crippen LogP contribution is -2.13. The molecule has 0 saturated heterocycles. The van der Waals surface area contributed by atoms with Crippen LogP contribution in [0, 0.1) is 13.8 Å². The van der Waals surface area contributed by atoms with Crippen molar-refractivity contribution in [2.24, 2.45) is 0 Å². The topological polar surface area (TPSA) is 71.1 Å². The van der Waals surface area contributed by atoms with E-state index >= 15 is 0 Å². The molecular formula is C23H21N3O2. The smallest absolute Gasteiger partial charge is 0.255 e. The standard InChI is InChI=1S/C23H21N3O2/c1-16-5-9-19(10-6-16)23(28)25-20-11-7-17(2)21(14-20)26-22(27)12-8-18-4-3-13-24-15-18/h3-15H,1-2H3,(H,25,28)(H,26,27)/b12-8+. The first-order chi connectivity index (χ1) is 13.5. The summed E-state index contributed by atoms with van der Waals surface area (Å²) in [5.41, 5.74) is 4.67. The molecule has 140 valence electrons. The Morgan fingerprint density at radius 1 is 0.964 bits per heavy atom. The molecule has 2 N–H and O–H groups in total. The Bertz CT molecular complexity index is 1010. The molecule has 2 aromatic carbocycles. The normalized spacial score (nSPS) is 10.6. The maximum Gasteiger partial charge on any atom is 0.255 e. The van der Waals surface area contributed by atoms with E-state index in [2.05, 4.69) is 15.6 Å². The van der Waals surface area contributed by atoms with Crippen LogP contribution in [0.25, 0.3) is 6.08 Å². The van der Waals surface area contributed by atoms with Gasteiger partial charge in [-0.25, -0.2) is 0 Å². The van der Waals surface area contributed by atoms with E-state index in [1.54, 1.807) is 36.7 Å². The number of nitrogens with one attached hydrogen (secondary N) is 2. The number of carbonyl (C=O) groups excluding carboxylic acids is 2. The van der Waals surface area contributed by atoms with Gasteiger partial charge in [-0.1, -0.05) is 29.8 Å². The lowest BCUT2D eigenvalue weighted by Gasteiger charge is -2.11. The monoisotopic (exact) mass is 371 g/mol. The summed E-state index contributed by atoms with van der Waals surface area (Å²) in [5.74, 6) is -0.452. The molecule has 28 heavy (non-hydrogen) atoms. The number of aryl methyl sites for hydroxylation is 2. The minimum atomic E-state index is -0.256. The van der Waals surface area contributed by atoms with Crippen LogP contribution in [0.4, 0.5) is 11.4 Å². The van der Waals surface area contributed by atoms with Crippen LogP contribution in [0.15, 0.2) is 73.1 Å². The largest absolute Gasteiger partial charge is 0.322 e. The molecule has 0 aliphatic rings. The molecule has 0 aliphatic heterocycles. The fourth-order valence-corrected chi connectivity index (χ4v) is 2.56. The minimum Gasteiger partial charge on any atom is -0.322 e. The van der Waals surface area contributed by atoms with Crippen molar-refractivity contribution in [3.05, 3.63) is 95.3 Å². The fourth-order valence-electron chi connectivity index (χ4n) is 2.56. The molecule has 0 saturated carbocycles. The van der Waals surface area contributed by atoms with Crippen LogP contribution in [-0.4, -0.2) is 16.8 Å². The van der Waals surface area contributed by atoms with Gasteiger partial charge in [0, 0.05) is 35.4 Å². The molecule has 2 amide bonds. The second kappa shape index (κ2) is 8.77. The first-order valence-corrected chi connectivity index (χ1v) is 8.89. The Kier molecular flexibility index (Phi) is 5.97. The summed E-state index contributed by atoms with van der Waals surface area (Å²) in [6, 6.07) is 16.4. The van der Waals surface area contributed by atoms with E-state index < -0.39 is 0 Å². The SMILES string of the molecule is Cc1ccc(C(=O)Nc2ccc(C)c(NC(=O)/C=C/c3cccnc3)c2)cc1. The summed E-state index contributed by atoms with van der Waals surface area (Å²) in [7, 11) is 0. The molecule has 0 bridgehead atoms. The number of benzene rings is 2. The van der Waals surface area contributed by atoms with Crippen molar-refractivity contribution >= 4 is 29.3 Å². The number of carbonyl (C=O) groups is 2. The van der Waals surface area contributed by atoms with Gasteiger partial charge in [-0.2, -0.15) is 0 Å². The Labute approximate surface area is 164 Å². The predicted molar refractivity (Wildman–Crippen MR) is 112 cm³/mol. The predicted octanol–water partition coefficient (Wildman–Crippen LogP) is 4.60. The van der Waals surface area contributed by atoms with Crippen LogP contribution >= 0.6 is 0 Å². The fraction of sp³-hybridized carbons (Fsp3) is 0.0870. The number of pyridine rings is 1. The van der Waals surface area contributed by atoms with Crippen LogP contribution in [0.2, 0.25) is 0 Å². The van der Waals surface area contributed by atoms with E-state index in [4.69, 9.17) is 0 Å². The quantitative estimate of drug-likeness (QED) is 0.644. The summed E-state index contributed by atoms with van der Waals surface area (Å²) in [5, 5.41) is 5.70. The molecule has 3 aromatic rings. The van der Waals surface area contributed by atoms with E-state index in [0.29, 0.717) is 16.9 Å². The highest BCUT2D eigenvalue weighted by atomic mass is 16.2. The van der Waals surface area contributed by atoms with E-state index in [1.165, 1.54) is 6.08 Å². The number of rotatable bonds is 5. The van der Waals surface area contributed by atoms with Gasteiger partial charge in [0.1, 0.15) is 0 Å². The van der Waals surface area contributed by atoms with E-state index in [1.807, 2.05) is 50.2 Å². The van der Waals surface area contributed by atoms with Crippen molar-refractivity contribution in [2.75, 3.05) is 10.6 Å². The Morgan fingerprint density at radius 2 is 1.75 bits per heavy atom. The van der Waals surface area contributed by atoms with Crippen molar-refractivity contribution in [3.8, 4) is 0 Å². The van der Waals surface area contributed by atoms with Gasteiger partial charge in [-0.3, -0.25) is 14.6 Å². The van der Waals surface area contributed by atoms with Crippen molar-refractivity contribution in [1.29, 1.82) is 0 Å². The third-order valence-corrected chi connectivity index (χ3v) is 4.18. The van der Waals surface area contributed by atoms with Gasteiger partial charge in [-0.05, 0) is 61.4 Å². The molecule has 0 aliphatic carbocycles. The molecule has 5 heteroatoms. The highest BCUT2D eigenvalue weighted by molar-refractivity contribution is 6.05. The van der Waals surface area contributed by atoms with Gasteiger partial charge < -0.3 is 10.6 Å². The first-order valence-electron chi connectivity index (χ1n) is 8.89. The maximum atomic E-state index is 12.4. The van der Waals surface area contributed by atoms with E-state index in [9.17, 15) is 9.59 Å². The highest BCUT2D eigenvalue weighted by Gasteiger charge is 2.08. The van der Waals surface area contributed by atoms with Crippen molar-refractivity contribution in [1.82, 2.24) is 4.98 Å². The van der Waals surface area contributed by atoms with Gasteiger partial charge in [0.05, 0.1) is 0 Å². The Balaban J connectivity index is 1.69. The van der Waals surface area contributed by atoms with Crippen molar-refractivity contribution in [3.63, 3.8) is 0 Å². The van der Waals surface area contributed by atoms with Crippen LogP contribution in [-0.2, 0) is 4.79 Å². The zero-order valence-corrected chi connectivity index (χ0v) is 15.8. The summed E-state index contributed by atoms with van der Waals surface area (Å²) in [4.78, 5) is 28.6. The Hall–Kier alpha value is -3.73. The number of aromatic nitrogens is 1. The molecule has 5 nitrogen and oxygen atoms in total. The number of amides is 2. The number of hydrogen-bond donors (Lipinski definition) is 2. The van der Waals surface area contributed by atoms with E-state index in [0.717, 1.165) is 16.7 Å². The summed E-state index contributed by atoms with van der Waals surface area (Å²) < 4.78 is 0. The number of anilines is 2. The summed E-state index contributed by atoms with van der Waals surface area (Å²) in [6.45, 7) is 3.87. The molecule has 0 unspecified atom stereocenters. The number of hydrogen-bond acceptors (Lipinski definition) is 3. The molecule has 3 rings (SSSR count). The molecule has 0 spiro atoms. The minimum absolute atomic E-state index is 0.197. The summed E-state index contributed by atoms with van der Waals surface area (Å²) in [6.07, 6.45) is 6.50. The molecule has 0 atom stereocenters. The van der Waals surface area contributed by atoms with Crippen LogP contribution in [0.5, 0.6) is 0 Å². The van der Waals surface area contributed by atoms with E-state index in [-0.39, 0.29) is 11.8 Å². The zero-order valence-electron chi connectivity index (χ0n) is 15.8. The molecule has 0 fully saturated rings. The van der Waals surface area contributed by atoms with Gasteiger partial charge in [-0.15, -0.1) is 0 Å². The second-order valence-corrected chi connectivity index (χ2v) is 6.46. The van der Waals surface area contributed by atoms with Gasteiger partial charge in [0.15, 0.2) is 0 Å². The van der Waals surface area contributed by atoms with Gasteiger partial charge in [0.2, 0.25) is 5.91 Å². The lowest BCUT2D eigenvalue weighted by molar-refractivity contribution is -0.111. The number of nitrogens with zero attached hydrogens (tertiary/aromatic N) is 1. The van der Waals surface area contributed by atoms with Crippen LogP contribution in [0.1, 0.15) is 27.0 Å². The van der Waals surface area contributed by atoms with Crippen LogP contribution in [0.3, 0.4) is 0 Å². The first kappa shape index (κ1) is 19.0. The highest BCUT2D eigenvalue weighted by Crippen LogP contribution is 2.21. The second-order valence-electron chi connectivity index (χ2n) is 6.46. The van der Waals surface area contributed by atoms with Crippen molar-refractivity contribution < 1.29 is 9.59 Å². The summed E-state index contributed by atoms with van der Waals surface area (Å²) >= 11 is 0. The lowest BCUT2D eigenvalue weighted by atomic mass is 10.1. The zero-order chi connectivity index (χ0) is 19.9. The molecule has 1 aromatic heterocycles. The molecular weight excluding hydrogens is 350 g/mol. The van der Waals surface area contributed by atoms with Crippen LogP contribution < -0.4 is 10.6 Å². The maximum absolute atomic E-state index is 12.4. The third kappa shape index (κ3) is 5.14.